The van der Waals surface area contributed by atoms with Crippen molar-refractivity contribution in [3.05, 3.63) is 23.0 Å². The Hall–Kier alpha value is -1.29. The van der Waals surface area contributed by atoms with Gasteiger partial charge in [0.1, 0.15) is 11.7 Å². The SMILES string of the molecule is COc1cc(Cl)cnc1C(C(=O)O)C1CC1. The van der Waals surface area contributed by atoms with Crippen molar-refractivity contribution in [3.8, 4) is 5.75 Å². The lowest BCUT2D eigenvalue weighted by atomic mass is 9.98. The highest BCUT2D eigenvalue weighted by Gasteiger charge is 2.39. The van der Waals surface area contributed by atoms with Gasteiger partial charge in [0.2, 0.25) is 0 Å². The summed E-state index contributed by atoms with van der Waals surface area (Å²) in [7, 11) is 1.49. The molecule has 1 heterocycles. The van der Waals surface area contributed by atoms with Gasteiger partial charge < -0.3 is 9.84 Å². The monoisotopic (exact) mass is 241 g/mol. The van der Waals surface area contributed by atoms with Gasteiger partial charge in [-0.1, -0.05) is 11.6 Å². The Balaban J connectivity index is 2.40. The maximum atomic E-state index is 11.2. The van der Waals surface area contributed by atoms with Crippen LogP contribution in [0.1, 0.15) is 24.5 Å². The number of aliphatic carboxylic acids is 1. The van der Waals surface area contributed by atoms with Crippen LogP contribution in [0.5, 0.6) is 5.75 Å². The van der Waals surface area contributed by atoms with Gasteiger partial charge in [-0.05, 0) is 18.8 Å². The number of pyridine rings is 1. The van der Waals surface area contributed by atoms with Gasteiger partial charge >= 0.3 is 5.97 Å². The predicted molar refractivity (Wildman–Crippen MR) is 58.9 cm³/mol. The molecule has 0 aromatic carbocycles. The van der Waals surface area contributed by atoms with Crippen molar-refractivity contribution in [1.29, 1.82) is 0 Å². The Bertz CT molecular complexity index is 418. The molecule has 1 aliphatic carbocycles. The fourth-order valence-corrected chi connectivity index (χ4v) is 1.95. The molecule has 1 unspecified atom stereocenters. The highest BCUT2D eigenvalue weighted by Crippen LogP contribution is 2.44. The first-order chi connectivity index (χ1) is 7.63. The van der Waals surface area contributed by atoms with Crippen LogP contribution in [0.15, 0.2) is 12.3 Å². The Morgan fingerprint density at radius 2 is 2.38 bits per heavy atom. The second-order valence-electron chi connectivity index (χ2n) is 3.89. The number of carboxylic acids is 1. The van der Waals surface area contributed by atoms with Crippen molar-refractivity contribution >= 4 is 17.6 Å². The number of methoxy groups -OCH3 is 1. The van der Waals surface area contributed by atoms with Gasteiger partial charge in [0.05, 0.1) is 17.8 Å². The lowest BCUT2D eigenvalue weighted by Gasteiger charge is -2.14. The summed E-state index contributed by atoms with van der Waals surface area (Å²) >= 11 is 5.79. The second kappa shape index (κ2) is 4.29. The van der Waals surface area contributed by atoms with Crippen LogP contribution in [0, 0.1) is 5.92 Å². The number of carboxylic acid groups (broad SMARTS) is 1. The van der Waals surface area contributed by atoms with Crippen LogP contribution in [-0.4, -0.2) is 23.2 Å². The Morgan fingerprint density at radius 3 is 2.88 bits per heavy atom. The van der Waals surface area contributed by atoms with Crippen molar-refractivity contribution in [2.75, 3.05) is 7.11 Å². The molecule has 1 aromatic rings. The molecule has 0 amide bonds. The molecule has 86 valence electrons. The van der Waals surface area contributed by atoms with Crippen LogP contribution >= 0.6 is 11.6 Å². The maximum absolute atomic E-state index is 11.2. The predicted octanol–water partition coefficient (Wildman–Crippen LogP) is 2.32. The normalized spacial score (nSPS) is 16.9. The molecule has 2 rings (SSSR count). The van der Waals surface area contributed by atoms with E-state index in [1.165, 1.54) is 13.3 Å². The van der Waals surface area contributed by atoms with Gasteiger partial charge in [0, 0.05) is 12.3 Å². The minimum atomic E-state index is -0.851. The quantitative estimate of drug-likeness (QED) is 0.879. The number of hydrogen-bond acceptors (Lipinski definition) is 3. The third-order valence-electron chi connectivity index (χ3n) is 2.72. The van der Waals surface area contributed by atoms with Crippen LogP contribution in [0.2, 0.25) is 5.02 Å². The Kier molecular flexibility index (Phi) is 3.01. The van der Waals surface area contributed by atoms with Crippen molar-refractivity contribution < 1.29 is 14.6 Å². The third kappa shape index (κ3) is 2.11. The largest absolute Gasteiger partial charge is 0.495 e. The van der Waals surface area contributed by atoms with E-state index in [4.69, 9.17) is 16.3 Å². The first kappa shape index (κ1) is 11.2. The molecule has 0 radical (unpaired) electrons. The Labute approximate surface area is 98.2 Å². The summed E-state index contributed by atoms with van der Waals surface area (Å²) in [6, 6.07) is 1.60. The molecular weight excluding hydrogens is 230 g/mol. The molecule has 1 aromatic heterocycles. The van der Waals surface area contributed by atoms with Crippen LogP contribution in [-0.2, 0) is 4.79 Å². The van der Waals surface area contributed by atoms with Gasteiger partial charge in [-0.3, -0.25) is 9.78 Å². The lowest BCUT2D eigenvalue weighted by molar-refractivity contribution is -0.139. The van der Waals surface area contributed by atoms with Crippen LogP contribution in [0.25, 0.3) is 0 Å². The van der Waals surface area contributed by atoms with Crippen molar-refractivity contribution in [1.82, 2.24) is 4.98 Å². The van der Waals surface area contributed by atoms with Crippen molar-refractivity contribution in [2.45, 2.75) is 18.8 Å². The molecule has 0 spiro atoms. The molecule has 0 aliphatic heterocycles. The van der Waals surface area contributed by atoms with Gasteiger partial charge in [0.15, 0.2) is 0 Å². The highest BCUT2D eigenvalue weighted by atomic mass is 35.5. The number of halogens is 1. The van der Waals surface area contributed by atoms with Crippen molar-refractivity contribution in [2.24, 2.45) is 5.92 Å². The summed E-state index contributed by atoms with van der Waals surface area (Å²) < 4.78 is 5.12. The Morgan fingerprint density at radius 1 is 1.69 bits per heavy atom. The van der Waals surface area contributed by atoms with Crippen LogP contribution in [0.3, 0.4) is 0 Å². The first-order valence-electron chi connectivity index (χ1n) is 5.05. The van der Waals surface area contributed by atoms with Crippen LogP contribution in [0.4, 0.5) is 0 Å². The zero-order valence-electron chi connectivity index (χ0n) is 8.81. The van der Waals surface area contributed by atoms with Crippen molar-refractivity contribution in [3.63, 3.8) is 0 Å². The molecule has 1 atom stereocenters. The first-order valence-corrected chi connectivity index (χ1v) is 5.43. The molecule has 1 N–H and O–H groups in total. The van der Waals surface area contributed by atoms with E-state index in [2.05, 4.69) is 4.98 Å². The summed E-state index contributed by atoms with van der Waals surface area (Å²) in [5.41, 5.74) is 0.474. The summed E-state index contributed by atoms with van der Waals surface area (Å²) in [5, 5.41) is 9.64. The zero-order valence-corrected chi connectivity index (χ0v) is 9.57. The van der Waals surface area contributed by atoms with Crippen LogP contribution < -0.4 is 4.74 Å². The molecule has 4 nitrogen and oxygen atoms in total. The van der Waals surface area contributed by atoms with E-state index in [0.29, 0.717) is 16.5 Å². The number of nitrogens with zero attached hydrogens (tertiary/aromatic N) is 1. The number of carbonyl (C=O) groups is 1. The highest BCUT2D eigenvalue weighted by molar-refractivity contribution is 6.30. The third-order valence-corrected chi connectivity index (χ3v) is 2.93. The van der Waals surface area contributed by atoms with Gasteiger partial charge in [0.25, 0.3) is 0 Å². The molecule has 16 heavy (non-hydrogen) atoms. The van der Waals surface area contributed by atoms with Gasteiger partial charge in [-0.15, -0.1) is 0 Å². The van der Waals surface area contributed by atoms with E-state index < -0.39 is 11.9 Å². The summed E-state index contributed by atoms with van der Waals surface area (Å²) in [6.45, 7) is 0. The summed E-state index contributed by atoms with van der Waals surface area (Å²) in [6.07, 6.45) is 3.33. The van der Waals surface area contributed by atoms with E-state index in [0.717, 1.165) is 12.8 Å². The average Bonchev–Trinajstić information content (AvgIpc) is 3.04. The lowest BCUT2D eigenvalue weighted by Crippen LogP contribution is -2.16. The average molecular weight is 242 g/mol. The molecule has 5 heteroatoms. The summed E-state index contributed by atoms with van der Waals surface area (Å²) in [4.78, 5) is 15.3. The number of rotatable bonds is 4. The molecule has 1 aliphatic rings. The fourth-order valence-electron chi connectivity index (χ4n) is 1.80. The maximum Gasteiger partial charge on any atom is 0.313 e. The van der Waals surface area contributed by atoms with Gasteiger partial charge in [-0.2, -0.15) is 0 Å². The van der Waals surface area contributed by atoms with E-state index in [1.54, 1.807) is 6.07 Å². The van der Waals surface area contributed by atoms with E-state index in [9.17, 15) is 9.90 Å². The molecule has 0 saturated heterocycles. The number of hydrogen-bond donors (Lipinski definition) is 1. The number of aromatic nitrogens is 1. The molecule has 1 saturated carbocycles. The van der Waals surface area contributed by atoms with E-state index >= 15 is 0 Å². The second-order valence-corrected chi connectivity index (χ2v) is 4.33. The molecule has 1 fully saturated rings. The fraction of sp³-hybridized carbons (Fsp3) is 0.455. The topological polar surface area (TPSA) is 59.4 Å². The summed E-state index contributed by atoms with van der Waals surface area (Å²) in [5.74, 6) is -0.797. The van der Waals surface area contributed by atoms with E-state index in [-0.39, 0.29) is 5.92 Å². The minimum absolute atomic E-state index is 0.181. The minimum Gasteiger partial charge on any atom is -0.495 e. The number of ether oxygens (including phenoxy) is 1. The smallest absolute Gasteiger partial charge is 0.313 e. The van der Waals surface area contributed by atoms with E-state index in [1.807, 2.05) is 0 Å². The zero-order chi connectivity index (χ0) is 11.7. The standard InChI is InChI=1S/C11H12ClNO3/c1-16-8-4-7(12)5-13-10(8)9(11(14)15)6-2-3-6/h4-6,9H,2-3H2,1H3,(H,14,15). The molecule has 0 bridgehead atoms. The molecular formula is C11H12ClNO3. The van der Waals surface area contributed by atoms with Gasteiger partial charge in [-0.25, -0.2) is 0 Å².